The first-order chi connectivity index (χ1) is 10.1. The molecule has 0 aromatic carbocycles. The third kappa shape index (κ3) is 3.95. The molecule has 0 spiro atoms. The maximum absolute atomic E-state index is 12.2. The van der Waals surface area contributed by atoms with Crippen molar-refractivity contribution in [1.82, 2.24) is 9.80 Å². The molecule has 0 radical (unpaired) electrons. The average Bonchev–Trinajstić information content (AvgIpc) is 2.54. The summed E-state index contributed by atoms with van der Waals surface area (Å²) in [5.41, 5.74) is 0. The molecule has 2 saturated heterocycles. The summed E-state index contributed by atoms with van der Waals surface area (Å²) < 4.78 is 5.00. The number of amides is 2. The number of piperidine rings is 2. The molecule has 0 aliphatic carbocycles. The van der Waals surface area contributed by atoms with Crippen LogP contribution in [0.2, 0.25) is 0 Å². The van der Waals surface area contributed by atoms with Gasteiger partial charge in [-0.05, 0) is 39.0 Å². The number of ether oxygens (including phenoxy) is 1. The Balaban J connectivity index is 1.82. The van der Waals surface area contributed by atoms with E-state index in [1.54, 1.807) is 16.7 Å². The van der Waals surface area contributed by atoms with Crippen molar-refractivity contribution >= 4 is 17.8 Å². The summed E-state index contributed by atoms with van der Waals surface area (Å²) in [6.07, 6.45) is 4.24. The van der Waals surface area contributed by atoms with Crippen molar-refractivity contribution in [2.24, 2.45) is 5.92 Å². The second kappa shape index (κ2) is 7.43. The highest BCUT2D eigenvalue weighted by Crippen LogP contribution is 2.19. The van der Waals surface area contributed by atoms with Crippen molar-refractivity contribution in [1.29, 1.82) is 0 Å². The van der Waals surface area contributed by atoms with E-state index in [1.807, 2.05) is 0 Å². The predicted octanol–water partition coefficient (Wildman–Crippen LogP) is 0.801. The van der Waals surface area contributed by atoms with E-state index in [0.29, 0.717) is 45.6 Å². The molecule has 0 unspecified atom stereocenters. The van der Waals surface area contributed by atoms with Gasteiger partial charge in [-0.25, -0.2) is 0 Å². The van der Waals surface area contributed by atoms with Crippen LogP contribution in [0.3, 0.4) is 0 Å². The zero-order chi connectivity index (χ0) is 15.2. The Morgan fingerprint density at radius 3 is 1.95 bits per heavy atom. The lowest BCUT2D eigenvalue weighted by Crippen LogP contribution is -2.49. The fourth-order valence-corrected chi connectivity index (χ4v) is 2.95. The molecule has 0 N–H and O–H groups in total. The third-order valence-corrected chi connectivity index (χ3v) is 4.23. The first kappa shape index (κ1) is 15.8. The molecule has 0 saturated carbocycles. The van der Waals surface area contributed by atoms with E-state index in [9.17, 15) is 14.4 Å². The van der Waals surface area contributed by atoms with Gasteiger partial charge in [0.1, 0.15) is 0 Å². The summed E-state index contributed by atoms with van der Waals surface area (Å²) in [6.45, 7) is 4.46. The number of nitrogens with zero attached hydrogens (tertiary/aromatic N) is 2. The van der Waals surface area contributed by atoms with Crippen LogP contribution in [-0.2, 0) is 19.1 Å². The van der Waals surface area contributed by atoms with E-state index in [-0.39, 0.29) is 17.8 Å². The van der Waals surface area contributed by atoms with Crippen LogP contribution in [0.15, 0.2) is 0 Å². The van der Waals surface area contributed by atoms with Gasteiger partial charge in [-0.15, -0.1) is 0 Å². The number of esters is 1. The molecule has 2 heterocycles. The van der Waals surface area contributed by atoms with Crippen LogP contribution in [0.5, 0.6) is 0 Å². The van der Waals surface area contributed by atoms with Crippen LogP contribution in [0.1, 0.15) is 39.0 Å². The average molecular weight is 296 g/mol. The van der Waals surface area contributed by atoms with Crippen molar-refractivity contribution in [3.05, 3.63) is 0 Å². The number of likely N-dealkylation sites (tertiary alicyclic amines) is 2. The highest BCUT2D eigenvalue weighted by Gasteiger charge is 2.32. The maximum atomic E-state index is 12.2. The van der Waals surface area contributed by atoms with Crippen LogP contribution in [0.25, 0.3) is 0 Å². The lowest BCUT2D eigenvalue weighted by atomic mass is 9.97. The minimum Gasteiger partial charge on any atom is -0.466 e. The van der Waals surface area contributed by atoms with E-state index in [1.165, 1.54) is 0 Å². The van der Waals surface area contributed by atoms with E-state index in [4.69, 9.17) is 4.74 Å². The second-order valence-corrected chi connectivity index (χ2v) is 5.67. The minimum absolute atomic E-state index is 0.140. The standard InChI is InChI=1S/C15H24N2O4/c1-2-21-15(20)12-6-10-17(11-7-12)14(19)13(18)16-8-4-3-5-9-16/h12H,2-11H2,1H3. The smallest absolute Gasteiger partial charge is 0.312 e. The summed E-state index contributed by atoms with van der Waals surface area (Å²) in [5.74, 6) is -1.13. The van der Waals surface area contributed by atoms with Crippen LogP contribution < -0.4 is 0 Å². The molecule has 0 aromatic heterocycles. The van der Waals surface area contributed by atoms with Crippen molar-refractivity contribution in [3.8, 4) is 0 Å². The number of hydrogen-bond acceptors (Lipinski definition) is 4. The molecule has 2 aliphatic rings. The van der Waals surface area contributed by atoms with Gasteiger partial charge >= 0.3 is 17.8 Å². The molecule has 2 fully saturated rings. The molecular formula is C15H24N2O4. The monoisotopic (exact) mass is 296 g/mol. The molecule has 118 valence electrons. The summed E-state index contributed by atoms with van der Waals surface area (Å²) in [5, 5.41) is 0. The Morgan fingerprint density at radius 2 is 1.43 bits per heavy atom. The van der Waals surface area contributed by atoms with Gasteiger partial charge in [0.25, 0.3) is 0 Å². The quantitative estimate of drug-likeness (QED) is 0.558. The van der Waals surface area contributed by atoms with Gasteiger partial charge in [-0.3, -0.25) is 14.4 Å². The predicted molar refractivity (Wildman–Crippen MR) is 76.4 cm³/mol. The molecule has 6 nitrogen and oxygen atoms in total. The first-order valence-electron chi connectivity index (χ1n) is 7.88. The highest BCUT2D eigenvalue weighted by molar-refractivity contribution is 6.34. The van der Waals surface area contributed by atoms with Crippen LogP contribution in [-0.4, -0.2) is 60.4 Å². The van der Waals surface area contributed by atoms with E-state index in [0.717, 1.165) is 19.3 Å². The lowest BCUT2D eigenvalue weighted by Gasteiger charge is -2.33. The topological polar surface area (TPSA) is 66.9 Å². The van der Waals surface area contributed by atoms with E-state index in [2.05, 4.69) is 0 Å². The van der Waals surface area contributed by atoms with Crippen molar-refractivity contribution < 1.29 is 19.1 Å². The van der Waals surface area contributed by atoms with Gasteiger partial charge in [0, 0.05) is 26.2 Å². The largest absolute Gasteiger partial charge is 0.466 e. The zero-order valence-electron chi connectivity index (χ0n) is 12.7. The van der Waals surface area contributed by atoms with Gasteiger partial charge in [0.2, 0.25) is 0 Å². The number of rotatable bonds is 2. The normalized spacial score (nSPS) is 20.2. The van der Waals surface area contributed by atoms with Crippen molar-refractivity contribution in [2.75, 3.05) is 32.8 Å². The maximum Gasteiger partial charge on any atom is 0.312 e. The molecule has 0 atom stereocenters. The summed E-state index contributed by atoms with van der Waals surface area (Å²) in [6, 6.07) is 0. The lowest BCUT2D eigenvalue weighted by molar-refractivity contribution is -0.155. The number of carbonyl (C=O) groups is 3. The molecule has 0 bridgehead atoms. The number of hydrogen-bond donors (Lipinski definition) is 0. The van der Waals surface area contributed by atoms with Gasteiger partial charge in [-0.1, -0.05) is 0 Å². The fraction of sp³-hybridized carbons (Fsp3) is 0.800. The molecule has 2 aliphatic heterocycles. The van der Waals surface area contributed by atoms with Gasteiger partial charge in [0.05, 0.1) is 12.5 Å². The van der Waals surface area contributed by atoms with Crippen LogP contribution in [0, 0.1) is 5.92 Å². The Kier molecular flexibility index (Phi) is 5.59. The summed E-state index contributed by atoms with van der Waals surface area (Å²) >= 11 is 0. The number of carbonyl (C=O) groups excluding carboxylic acids is 3. The Bertz CT molecular complexity index is 396. The summed E-state index contributed by atoms with van der Waals surface area (Å²) in [7, 11) is 0. The minimum atomic E-state index is -0.417. The molecule has 21 heavy (non-hydrogen) atoms. The molecule has 2 amide bonds. The van der Waals surface area contributed by atoms with Gasteiger partial charge in [-0.2, -0.15) is 0 Å². The first-order valence-corrected chi connectivity index (χ1v) is 7.88. The Morgan fingerprint density at radius 1 is 0.905 bits per heavy atom. The molecule has 0 aromatic rings. The Labute approximate surface area is 125 Å². The third-order valence-electron chi connectivity index (χ3n) is 4.23. The van der Waals surface area contributed by atoms with E-state index >= 15 is 0 Å². The van der Waals surface area contributed by atoms with Crippen molar-refractivity contribution in [3.63, 3.8) is 0 Å². The van der Waals surface area contributed by atoms with Gasteiger partial charge in [0.15, 0.2) is 0 Å². The van der Waals surface area contributed by atoms with Crippen LogP contribution in [0.4, 0.5) is 0 Å². The second-order valence-electron chi connectivity index (χ2n) is 5.67. The molecular weight excluding hydrogens is 272 g/mol. The van der Waals surface area contributed by atoms with Crippen LogP contribution >= 0.6 is 0 Å². The zero-order valence-corrected chi connectivity index (χ0v) is 12.7. The Hall–Kier alpha value is -1.59. The molecule has 2 rings (SSSR count). The SMILES string of the molecule is CCOC(=O)C1CCN(C(=O)C(=O)N2CCCCC2)CC1. The van der Waals surface area contributed by atoms with Crippen molar-refractivity contribution in [2.45, 2.75) is 39.0 Å². The van der Waals surface area contributed by atoms with E-state index < -0.39 is 5.91 Å². The van der Waals surface area contributed by atoms with Gasteiger partial charge < -0.3 is 14.5 Å². The molecule has 6 heteroatoms. The summed E-state index contributed by atoms with van der Waals surface area (Å²) in [4.78, 5) is 39.3. The highest BCUT2D eigenvalue weighted by atomic mass is 16.5. The fourth-order valence-electron chi connectivity index (χ4n) is 2.95.